The van der Waals surface area contributed by atoms with Crippen molar-refractivity contribution in [3.8, 4) is 0 Å². The van der Waals surface area contributed by atoms with E-state index in [9.17, 15) is 18.0 Å². The van der Waals surface area contributed by atoms with Gasteiger partial charge in [-0.05, 0) is 12.1 Å². The van der Waals surface area contributed by atoms with E-state index in [1.807, 2.05) is 0 Å². The number of rotatable bonds is 4. The average molecular weight is 311 g/mol. The van der Waals surface area contributed by atoms with Gasteiger partial charge in [0, 0.05) is 26.2 Å². The highest BCUT2D eigenvalue weighted by molar-refractivity contribution is 7.92. The number of amides is 2. The van der Waals surface area contributed by atoms with Crippen LogP contribution in [0, 0.1) is 0 Å². The van der Waals surface area contributed by atoms with E-state index in [-0.39, 0.29) is 11.6 Å². The van der Waals surface area contributed by atoms with Crippen LogP contribution in [0.1, 0.15) is 10.4 Å². The third-order valence-corrected chi connectivity index (χ3v) is 3.79. The van der Waals surface area contributed by atoms with Crippen LogP contribution in [0.25, 0.3) is 0 Å². The Balaban J connectivity index is 2.18. The molecule has 1 N–H and O–H groups in total. The largest absolute Gasteiger partial charge is 0.342 e. The number of piperazine rings is 1. The number of hydrogen-bond acceptors (Lipinski definition) is 4. The molecule has 1 fully saturated rings. The van der Waals surface area contributed by atoms with E-state index < -0.39 is 10.0 Å². The maximum atomic E-state index is 12.5. The predicted molar refractivity (Wildman–Crippen MR) is 78.4 cm³/mol. The minimum absolute atomic E-state index is 0.243. The summed E-state index contributed by atoms with van der Waals surface area (Å²) < 4.78 is 25.1. The number of carbonyl (C=O) groups is 2. The summed E-state index contributed by atoms with van der Waals surface area (Å²) in [6.07, 6.45) is 1.80. The van der Waals surface area contributed by atoms with Gasteiger partial charge in [-0.15, -0.1) is 0 Å². The fraction of sp³-hybridized carbons (Fsp3) is 0.385. The second kappa shape index (κ2) is 6.13. The lowest BCUT2D eigenvalue weighted by Crippen LogP contribution is -2.48. The standard InChI is InChI=1S/C13H17N3O4S/c1-21(19,20)14-12-5-3-2-4-11(12)13(18)16-8-6-15(10-17)7-9-16/h2-5,10,14H,6-9H2,1H3. The number of nitrogens with zero attached hydrogens (tertiary/aromatic N) is 2. The Labute approximate surface area is 123 Å². The van der Waals surface area contributed by atoms with Gasteiger partial charge < -0.3 is 9.80 Å². The van der Waals surface area contributed by atoms with Gasteiger partial charge in [0.15, 0.2) is 0 Å². The van der Waals surface area contributed by atoms with Gasteiger partial charge in [0.25, 0.3) is 5.91 Å². The zero-order chi connectivity index (χ0) is 15.5. The molecule has 0 aliphatic carbocycles. The number of nitrogens with one attached hydrogen (secondary N) is 1. The smallest absolute Gasteiger partial charge is 0.256 e. The Morgan fingerprint density at radius 2 is 1.81 bits per heavy atom. The van der Waals surface area contributed by atoms with Crippen LogP contribution in [0.5, 0.6) is 0 Å². The molecule has 7 nitrogen and oxygen atoms in total. The fourth-order valence-corrected chi connectivity index (χ4v) is 2.74. The van der Waals surface area contributed by atoms with Crippen LogP contribution in [0.3, 0.4) is 0 Å². The number of sulfonamides is 1. The molecule has 0 aromatic heterocycles. The molecule has 114 valence electrons. The summed E-state index contributed by atoms with van der Waals surface area (Å²) >= 11 is 0. The van der Waals surface area contributed by atoms with Crippen LogP contribution in [0.4, 0.5) is 5.69 Å². The lowest BCUT2D eigenvalue weighted by molar-refractivity contribution is -0.119. The summed E-state index contributed by atoms with van der Waals surface area (Å²) in [7, 11) is -3.45. The average Bonchev–Trinajstić information content (AvgIpc) is 2.45. The monoisotopic (exact) mass is 311 g/mol. The lowest BCUT2D eigenvalue weighted by atomic mass is 10.1. The Kier molecular flexibility index (Phi) is 4.46. The lowest BCUT2D eigenvalue weighted by Gasteiger charge is -2.32. The van der Waals surface area contributed by atoms with Crippen molar-refractivity contribution < 1.29 is 18.0 Å². The zero-order valence-electron chi connectivity index (χ0n) is 11.7. The molecule has 1 aromatic rings. The first kappa shape index (κ1) is 15.3. The summed E-state index contributed by atoms with van der Waals surface area (Å²) in [6, 6.07) is 6.48. The van der Waals surface area contributed by atoms with Crippen LogP contribution in [0.15, 0.2) is 24.3 Å². The number of benzene rings is 1. The number of para-hydroxylation sites is 1. The van der Waals surface area contributed by atoms with Crippen molar-refractivity contribution in [2.75, 3.05) is 37.2 Å². The van der Waals surface area contributed by atoms with Gasteiger partial charge >= 0.3 is 0 Å². The number of carbonyl (C=O) groups excluding carboxylic acids is 2. The molecule has 1 heterocycles. The highest BCUT2D eigenvalue weighted by Gasteiger charge is 2.23. The van der Waals surface area contributed by atoms with E-state index in [2.05, 4.69) is 4.72 Å². The molecule has 1 aromatic carbocycles. The minimum Gasteiger partial charge on any atom is -0.342 e. The van der Waals surface area contributed by atoms with Gasteiger partial charge in [-0.25, -0.2) is 8.42 Å². The van der Waals surface area contributed by atoms with Crippen molar-refractivity contribution >= 4 is 28.0 Å². The number of anilines is 1. The molecule has 2 rings (SSSR count). The third kappa shape index (κ3) is 3.94. The fourth-order valence-electron chi connectivity index (χ4n) is 2.16. The molecule has 0 bridgehead atoms. The molecule has 21 heavy (non-hydrogen) atoms. The summed E-state index contributed by atoms with van der Waals surface area (Å²) in [5.74, 6) is -0.243. The van der Waals surface area contributed by atoms with E-state index in [0.29, 0.717) is 31.7 Å². The normalized spacial score (nSPS) is 15.7. The SMILES string of the molecule is CS(=O)(=O)Nc1ccccc1C(=O)N1CCN(C=O)CC1. The molecule has 1 aliphatic heterocycles. The minimum atomic E-state index is -3.45. The molecule has 0 spiro atoms. The summed E-state index contributed by atoms with van der Waals surface area (Å²) in [5, 5.41) is 0. The summed E-state index contributed by atoms with van der Waals surface area (Å²) in [5.41, 5.74) is 0.574. The molecule has 1 aliphatic rings. The van der Waals surface area contributed by atoms with Crippen molar-refractivity contribution in [1.82, 2.24) is 9.80 Å². The van der Waals surface area contributed by atoms with Crippen LogP contribution in [-0.4, -0.2) is 63.0 Å². The van der Waals surface area contributed by atoms with E-state index >= 15 is 0 Å². The quantitative estimate of drug-likeness (QED) is 0.791. The maximum Gasteiger partial charge on any atom is 0.256 e. The van der Waals surface area contributed by atoms with E-state index in [0.717, 1.165) is 12.7 Å². The van der Waals surface area contributed by atoms with Gasteiger partial charge in [0.1, 0.15) is 0 Å². The molecule has 2 amide bonds. The van der Waals surface area contributed by atoms with Crippen LogP contribution >= 0.6 is 0 Å². The Morgan fingerprint density at radius 3 is 2.38 bits per heavy atom. The van der Waals surface area contributed by atoms with Crippen LogP contribution < -0.4 is 4.72 Å². The topological polar surface area (TPSA) is 86.8 Å². The summed E-state index contributed by atoms with van der Waals surface area (Å²) in [4.78, 5) is 26.4. The molecule has 0 unspecified atom stereocenters. The molecule has 1 saturated heterocycles. The maximum absolute atomic E-state index is 12.5. The molecule has 0 radical (unpaired) electrons. The number of hydrogen-bond donors (Lipinski definition) is 1. The molecule has 0 atom stereocenters. The van der Waals surface area contributed by atoms with Crippen molar-refractivity contribution in [3.05, 3.63) is 29.8 Å². The van der Waals surface area contributed by atoms with Crippen molar-refractivity contribution in [2.24, 2.45) is 0 Å². The van der Waals surface area contributed by atoms with Crippen molar-refractivity contribution in [3.63, 3.8) is 0 Å². The van der Waals surface area contributed by atoms with E-state index in [4.69, 9.17) is 0 Å². The Bertz CT molecular complexity index is 637. The van der Waals surface area contributed by atoms with Gasteiger partial charge in [-0.3, -0.25) is 14.3 Å². The van der Waals surface area contributed by atoms with Gasteiger partial charge in [0.05, 0.1) is 17.5 Å². The highest BCUT2D eigenvalue weighted by Crippen LogP contribution is 2.19. The first-order valence-electron chi connectivity index (χ1n) is 6.46. The van der Waals surface area contributed by atoms with Crippen LogP contribution in [0.2, 0.25) is 0 Å². The van der Waals surface area contributed by atoms with E-state index in [1.165, 1.54) is 0 Å². The molecule has 8 heteroatoms. The van der Waals surface area contributed by atoms with Crippen LogP contribution in [-0.2, 0) is 14.8 Å². The zero-order valence-corrected chi connectivity index (χ0v) is 12.5. The van der Waals surface area contributed by atoms with Crippen molar-refractivity contribution in [1.29, 1.82) is 0 Å². The summed E-state index contributed by atoms with van der Waals surface area (Å²) in [6.45, 7) is 1.84. The molecular weight excluding hydrogens is 294 g/mol. The van der Waals surface area contributed by atoms with E-state index in [1.54, 1.807) is 34.1 Å². The predicted octanol–water partition coefficient (Wildman–Crippen LogP) is -0.0277. The highest BCUT2D eigenvalue weighted by atomic mass is 32.2. The van der Waals surface area contributed by atoms with Gasteiger partial charge in [-0.1, -0.05) is 12.1 Å². The van der Waals surface area contributed by atoms with Gasteiger partial charge in [-0.2, -0.15) is 0 Å². The second-order valence-electron chi connectivity index (χ2n) is 4.85. The first-order valence-corrected chi connectivity index (χ1v) is 8.35. The third-order valence-electron chi connectivity index (χ3n) is 3.20. The molecular formula is C13H17N3O4S. The van der Waals surface area contributed by atoms with Gasteiger partial charge in [0.2, 0.25) is 16.4 Å². The Hall–Kier alpha value is -2.09. The second-order valence-corrected chi connectivity index (χ2v) is 6.60. The Morgan fingerprint density at radius 1 is 1.19 bits per heavy atom. The molecule has 0 saturated carbocycles. The van der Waals surface area contributed by atoms with Crippen molar-refractivity contribution in [2.45, 2.75) is 0 Å². The first-order chi connectivity index (χ1) is 9.90.